The topological polar surface area (TPSA) is 12.0 Å². The molecule has 0 heterocycles. The predicted octanol–water partition coefficient (Wildman–Crippen LogP) is 3.81. The molecule has 1 N–H and O–H groups in total. The summed E-state index contributed by atoms with van der Waals surface area (Å²) in [6.07, 6.45) is 2.05. The Bertz CT molecular complexity index is 310. The summed E-state index contributed by atoms with van der Waals surface area (Å²) < 4.78 is 26.0. The summed E-state index contributed by atoms with van der Waals surface area (Å²) in [6.45, 7) is 4.96. The highest BCUT2D eigenvalue weighted by atomic mass is 19.2. The SMILES string of the molecule is CC(C)CCCNc1cccc(F)c1F. The lowest BCUT2D eigenvalue weighted by Gasteiger charge is -2.08. The van der Waals surface area contributed by atoms with Crippen LogP contribution in [-0.4, -0.2) is 6.54 Å². The van der Waals surface area contributed by atoms with E-state index in [4.69, 9.17) is 0 Å². The molecule has 0 atom stereocenters. The second-order valence-corrected chi connectivity index (χ2v) is 4.06. The maximum atomic E-state index is 13.2. The fourth-order valence-electron chi connectivity index (χ4n) is 1.37. The van der Waals surface area contributed by atoms with Gasteiger partial charge in [0, 0.05) is 6.54 Å². The van der Waals surface area contributed by atoms with E-state index < -0.39 is 11.6 Å². The van der Waals surface area contributed by atoms with E-state index in [9.17, 15) is 8.78 Å². The van der Waals surface area contributed by atoms with Crippen molar-refractivity contribution in [1.29, 1.82) is 0 Å². The molecule has 0 aliphatic rings. The van der Waals surface area contributed by atoms with Gasteiger partial charge in [0.1, 0.15) is 0 Å². The van der Waals surface area contributed by atoms with E-state index in [1.54, 1.807) is 6.07 Å². The van der Waals surface area contributed by atoms with Crippen LogP contribution in [0.2, 0.25) is 0 Å². The van der Waals surface area contributed by atoms with Crippen molar-refractivity contribution in [2.75, 3.05) is 11.9 Å². The van der Waals surface area contributed by atoms with E-state index in [-0.39, 0.29) is 5.69 Å². The predicted molar refractivity (Wildman–Crippen MR) is 58.9 cm³/mol. The summed E-state index contributed by atoms with van der Waals surface area (Å²) in [6, 6.07) is 4.17. The third-order valence-electron chi connectivity index (χ3n) is 2.23. The fraction of sp³-hybridized carbons (Fsp3) is 0.500. The van der Waals surface area contributed by atoms with Gasteiger partial charge in [-0.25, -0.2) is 8.78 Å². The normalized spacial score (nSPS) is 10.7. The monoisotopic (exact) mass is 213 g/mol. The van der Waals surface area contributed by atoms with Crippen molar-refractivity contribution >= 4 is 5.69 Å². The van der Waals surface area contributed by atoms with Gasteiger partial charge >= 0.3 is 0 Å². The molecule has 15 heavy (non-hydrogen) atoms. The first-order chi connectivity index (χ1) is 7.11. The first-order valence-corrected chi connectivity index (χ1v) is 5.29. The lowest BCUT2D eigenvalue weighted by atomic mass is 10.1. The van der Waals surface area contributed by atoms with Crippen LogP contribution in [0.25, 0.3) is 0 Å². The van der Waals surface area contributed by atoms with Gasteiger partial charge in [0.05, 0.1) is 5.69 Å². The van der Waals surface area contributed by atoms with Crippen molar-refractivity contribution in [3.8, 4) is 0 Å². The molecule has 0 spiro atoms. The van der Waals surface area contributed by atoms with Gasteiger partial charge in [-0.3, -0.25) is 0 Å². The molecular formula is C12H17F2N. The highest BCUT2D eigenvalue weighted by molar-refractivity contribution is 5.44. The minimum atomic E-state index is -0.802. The molecule has 0 radical (unpaired) electrons. The fourth-order valence-corrected chi connectivity index (χ4v) is 1.37. The largest absolute Gasteiger partial charge is 0.383 e. The van der Waals surface area contributed by atoms with Gasteiger partial charge in [0.25, 0.3) is 0 Å². The van der Waals surface area contributed by atoms with Gasteiger partial charge in [0.15, 0.2) is 11.6 Å². The van der Waals surface area contributed by atoms with E-state index >= 15 is 0 Å². The summed E-state index contributed by atoms with van der Waals surface area (Å²) in [5, 5.41) is 2.89. The molecule has 0 amide bonds. The highest BCUT2D eigenvalue weighted by Crippen LogP contribution is 2.16. The standard InChI is InChI=1S/C12H17F2N/c1-9(2)5-4-8-15-11-7-3-6-10(13)12(11)14/h3,6-7,9,15H,4-5,8H2,1-2H3. The number of nitrogens with one attached hydrogen (secondary N) is 1. The molecule has 84 valence electrons. The van der Waals surface area contributed by atoms with Crippen molar-refractivity contribution in [3.05, 3.63) is 29.8 Å². The Morgan fingerprint density at radius 1 is 1.27 bits per heavy atom. The van der Waals surface area contributed by atoms with E-state index in [2.05, 4.69) is 19.2 Å². The van der Waals surface area contributed by atoms with Crippen LogP contribution in [0.1, 0.15) is 26.7 Å². The highest BCUT2D eigenvalue weighted by Gasteiger charge is 2.06. The Kier molecular flexibility index (Phi) is 4.53. The molecular weight excluding hydrogens is 196 g/mol. The van der Waals surface area contributed by atoms with Crippen LogP contribution in [0.3, 0.4) is 0 Å². The van der Waals surface area contributed by atoms with Gasteiger partial charge in [-0.05, 0) is 30.9 Å². The van der Waals surface area contributed by atoms with Gasteiger partial charge in [-0.15, -0.1) is 0 Å². The van der Waals surface area contributed by atoms with E-state index in [0.29, 0.717) is 12.5 Å². The van der Waals surface area contributed by atoms with E-state index in [0.717, 1.165) is 18.9 Å². The Hall–Kier alpha value is -1.12. The number of benzene rings is 1. The number of hydrogen-bond acceptors (Lipinski definition) is 1. The zero-order chi connectivity index (χ0) is 11.3. The van der Waals surface area contributed by atoms with Crippen molar-refractivity contribution in [2.45, 2.75) is 26.7 Å². The van der Waals surface area contributed by atoms with Gasteiger partial charge in [0.2, 0.25) is 0 Å². The number of halogens is 2. The van der Waals surface area contributed by atoms with Crippen LogP contribution in [-0.2, 0) is 0 Å². The lowest BCUT2D eigenvalue weighted by Crippen LogP contribution is -2.05. The molecule has 0 fully saturated rings. The minimum absolute atomic E-state index is 0.249. The Balaban J connectivity index is 2.41. The smallest absolute Gasteiger partial charge is 0.181 e. The zero-order valence-corrected chi connectivity index (χ0v) is 9.19. The van der Waals surface area contributed by atoms with Crippen LogP contribution in [0.4, 0.5) is 14.5 Å². The molecule has 1 aromatic carbocycles. The van der Waals surface area contributed by atoms with Crippen molar-refractivity contribution in [1.82, 2.24) is 0 Å². The molecule has 1 nitrogen and oxygen atoms in total. The maximum Gasteiger partial charge on any atom is 0.181 e. The van der Waals surface area contributed by atoms with E-state index in [1.807, 2.05) is 0 Å². The Morgan fingerprint density at radius 3 is 2.67 bits per heavy atom. The van der Waals surface area contributed by atoms with Crippen molar-refractivity contribution in [2.24, 2.45) is 5.92 Å². The molecule has 0 aliphatic carbocycles. The van der Waals surface area contributed by atoms with Crippen LogP contribution in [0.5, 0.6) is 0 Å². The van der Waals surface area contributed by atoms with Gasteiger partial charge in [-0.2, -0.15) is 0 Å². The average molecular weight is 213 g/mol. The minimum Gasteiger partial charge on any atom is -0.383 e. The third-order valence-corrected chi connectivity index (χ3v) is 2.23. The molecule has 3 heteroatoms. The van der Waals surface area contributed by atoms with Gasteiger partial charge in [-0.1, -0.05) is 19.9 Å². The molecule has 0 unspecified atom stereocenters. The summed E-state index contributed by atoms with van der Waals surface area (Å²) in [7, 11) is 0. The van der Waals surface area contributed by atoms with E-state index in [1.165, 1.54) is 6.07 Å². The van der Waals surface area contributed by atoms with Crippen LogP contribution >= 0.6 is 0 Å². The molecule has 0 aliphatic heterocycles. The van der Waals surface area contributed by atoms with Crippen molar-refractivity contribution in [3.63, 3.8) is 0 Å². The Labute approximate surface area is 89.5 Å². The second-order valence-electron chi connectivity index (χ2n) is 4.06. The second kappa shape index (κ2) is 5.69. The van der Waals surface area contributed by atoms with Gasteiger partial charge < -0.3 is 5.32 Å². The lowest BCUT2D eigenvalue weighted by molar-refractivity contribution is 0.510. The summed E-state index contributed by atoms with van der Waals surface area (Å²) >= 11 is 0. The number of hydrogen-bond donors (Lipinski definition) is 1. The van der Waals surface area contributed by atoms with Crippen molar-refractivity contribution < 1.29 is 8.78 Å². The quantitative estimate of drug-likeness (QED) is 0.733. The van der Waals surface area contributed by atoms with Crippen LogP contribution in [0, 0.1) is 17.6 Å². The van der Waals surface area contributed by atoms with Crippen LogP contribution in [0.15, 0.2) is 18.2 Å². The first-order valence-electron chi connectivity index (χ1n) is 5.29. The molecule has 0 aromatic heterocycles. The molecule has 1 aromatic rings. The zero-order valence-electron chi connectivity index (χ0n) is 9.19. The Morgan fingerprint density at radius 2 is 2.00 bits per heavy atom. The molecule has 0 saturated heterocycles. The van der Waals surface area contributed by atoms with Crippen LogP contribution < -0.4 is 5.32 Å². The molecule has 0 saturated carbocycles. The molecule has 0 bridgehead atoms. The first kappa shape index (κ1) is 12.0. The average Bonchev–Trinajstić information content (AvgIpc) is 2.18. The third kappa shape index (κ3) is 3.86. The summed E-state index contributed by atoms with van der Waals surface area (Å²) in [5.74, 6) is -0.949. The summed E-state index contributed by atoms with van der Waals surface area (Å²) in [5.41, 5.74) is 0.249. The number of anilines is 1. The molecule has 1 rings (SSSR count). The number of rotatable bonds is 5. The maximum absolute atomic E-state index is 13.2. The summed E-state index contributed by atoms with van der Waals surface area (Å²) in [4.78, 5) is 0.